The van der Waals surface area contributed by atoms with E-state index in [-0.39, 0.29) is 17.2 Å². The first-order valence-electron chi connectivity index (χ1n) is 5.39. The van der Waals surface area contributed by atoms with Crippen LogP contribution in [-0.2, 0) is 0 Å². The zero-order chi connectivity index (χ0) is 11.5. The number of piperidine rings is 1. The SMILES string of the molecule is O=C(O)c1ccoc1C(O)C1CCNCC1. The van der Waals surface area contributed by atoms with Gasteiger partial charge in [0.2, 0.25) is 0 Å². The van der Waals surface area contributed by atoms with Crippen LogP contribution in [0.1, 0.15) is 35.1 Å². The molecule has 0 saturated carbocycles. The van der Waals surface area contributed by atoms with Crippen molar-refractivity contribution in [1.82, 2.24) is 5.32 Å². The predicted molar refractivity (Wildman–Crippen MR) is 56.2 cm³/mol. The van der Waals surface area contributed by atoms with Crippen molar-refractivity contribution >= 4 is 5.97 Å². The van der Waals surface area contributed by atoms with Crippen LogP contribution in [0.4, 0.5) is 0 Å². The lowest BCUT2D eigenvalue weighted by Gasteiger charge is -2.26. The Morgan fingerprint density at radius 1 is 1.50 bits per heavy atom. The predicted octanol–water partition coefficient (Wildman–Crippen LogP) is 1.01. The molecule has 1 saturated heterocycles. The monoisotopic (exact) mass is 225 g/mol. The van der Waals surface area contributed by atoms with E-state index in [0.717, 1.165) is 25.9 Å². The minimum absolute atomic E-state index is 0.0611. The van der Waals surface area contributed by atoms with Crippen LogP contribution in [0.2, 0.25) is 0 Å². The standard InChI is InChI=1S/C11H15NO4/c13-9(7-1-4-12-5-2-7)10-8(11(14)15)3-6-16-10/h3,6-7,9,12-13H,1-2,4-5H2,(H,14,15). The third-order valence-corrected chi connectivity index (χ3v) is 3.02. The second-order valence-corrected chi connectivity index (χ2v) is 4.04. The normalized spacial score (nSPS) is 19.6. The maximum Gasteiger partial charge on any atom is 0.339 e. The van der Waals surface area contributed by atoms with Gasteiger partial charge in [-0.25, -0.2) is 4.79 Å². The van der Waals surface area contributed by atoms with Crippen LogP contribution < -0.4 is 5.32 Å². The summed E-state index contributed by atoms with van der Waals surface area (Å²) < 4.78 is 5.09. The fourth-order valence-corrected chi connectivity index (χ4v) is 2.10. The van der Waals surface area contributed by atoms with Crippen molar-refractivity contribution < 1.29 is 19.4 Å². The molecule has 1 aliphatic heterocycles. The van der Waals surface area contributed by atoms with Gasteiger partial charge >= 0.3 is 5.97 Å². The van der Waals surface area contributed by atoms with Crippen molar-refractivity contribution in [2.45, 2.75) is 18.9 Å². The average molecular weight is 225 g/mol. The van der Waals surface area contributed by atoms with Crippen molar-refractivity contribution in [3.8, 4) is 0 Å². The summed E-state index contributed by atoms with van der Waals surface area (Å²) in [6.07, 6.45) is 2.16. The molecule has 0 amide bonds. The molecule has 1 atom stereocenters. The Morgan fingerprint density at radius 3 is 2.81 bits per heavy atom. The van der Waals surface area contributed by atoms with Crippen molar-refractivity contribution in [2.24, 2.45) is 5.92 Å². The molecule has 1 unspecified atom stereocenters. The van der Waals surface area contributed by atoms with Crippen LogP contribution >= 0.6 is 0 Å². The van der Waals surface area contributed by atoms with Crippen LogP contribution in [-0.4, -0.2) is 29.3 Å². The molecule has 5 heteroatoms. The first-order chi connectivity index (χ1) is 7.70. The van der Waals surface area contributed by atoms with Gasteiger partial charge in [0, 0.05) is 0 Å². The third kappa shape index (κ3) is 2.10. The maximum absolute atomic E-state index is 10.9. The maximum atomic E-state index is 10.9. The van der Waals surface area contributed by atoms with Gasteiger partial charge < -0.3 is 19.9 Å². The average Bonchev–Trinajstić information content (AvgIpc) is 2.78. The van der Waals surface area contributed by atoms with Gasteiger partial charge in [-0.2, -0.15) is 0 Å². The summed E-state index contributed by atoms with van der Waals surface area (Å²) in [7, 11) is 0. The molecular formula is C11H15NO4. The Hall–Kier alpha value is -1.33. The summed E-state index contributed by atoms with van der Waals surface area (Å²) >= 11 is 0. The van der Waals surface area contributed by atoms with Gasteiger partial charge in [0.25, 0.3) is 0 Å². The van der Waals surface area contributed by atoms with Gasteiger partial charge in [-0.1, -0.05) is 0 Å². The summed E-state index contributed by atoms with van der Waals surface area (Å²) in [6, 6.07) is 1.38. The largest absolute Gasteiger partial charge is 0.478 e. The molecule has 1 aliphatic rings. The number of hydrogen-bond acceptors (Lipinski definition) is 4. The van der Waals surface area contributed by atoms with E-state index in [0.29, 0.717) is 0 Å². The minimum Gasteiger partial charge on any atom is -0.478 e. The van der Waals surface area contributed by atoms with Gasteiger partial charge in [-0.15, -0.1) is 0 Å². The molecule has 1 aromatic rings. The van der Waals surface area contributed by atoms with E-state index in [2.05, 4.69) is 5.32 Å². The molecule has 5 nitrogen and oxygen atoms in total. The smallest absolute Gasteiger partial charge is 0.339 e. The lowest BCUT2D eigenvalue weighted by molar-refractivity contribution is 0.0595. The van der Waals surface area contributed by atoms with E-state index in [1.807, 2.05) is 0 Å². The summed E-state index contributed by atoms with van der Waals surface area (Å²) in [5.74, 6) is -0.804. The Kier molecular flexibility index (Phi) is 3.26. The van der Waals surface area contributed by atoms with E-state index >= 15 is 0 Å². The topological polar surface area (TPSA) is 82.7 Å². The molecule has 88 valence electrons. The summed E-state index contributed by atoms with van der Waals surface area (Å²) in [5, 5.41) is 22.2. The number of rotatable bonds is 3. The molecule has 2 heterocycles. The first kappa shape index (κ1) is 11.2. The van der Waals surface area contributed by atoms with Crippen LogP contribution in [0, 0.1) is 5.92 Å². The summed E-state index contributed by atoms with van der Waals surface area (Å²) in [5.41, 5.74) is 0.0611. The number of aliphatic hydroxyl groups excluding tert-OH is 1. The number of carboxylic acid groups (broad SMARTS) is 1. The number of furan rings is 1. The molecule has 0 spiro atoms. The lowest BCUT2D eigenvalue weighted by Crippen LogP contribution is -2.31. The fraction of sp³-hybridized carbons (Fsp3) is 0.545. The molecule has 3 N–H and O–H groups in total. The molecule has 1 aromatic heterocycles. The van der Waals surface area contributed by atoms with Crippen LogP contribution in [0.15, 0.2) is 16.7 Å². The van der Waals surface area contributed by atoms with E-state index in [4.69, 9.17) is 9.52 Å². The number of carboxylic acids is 1. The zero-order valence-corrected chi connectivity index (χ0v) is 8.85. The highest BCUT2D eigenvalue weighted by Gasteiger charge is 2.28. The molecule has 0 bridgehead atoms. The fourth-order valence-electron chi connectivity index (χ4n) is 2.10. The highest BCUT2D eigenvalue weighted by molar-refractivity contribution is 5.88. The van der Waals surface area contributed by atoms with Crippen LogP contribution in [0.3, 0.4) is 0 Å². The Balaban J connectivity index is 2.15. The molecule has 0 aromatic carbocycles. The quantitative estimate of drug-likeness (QED) is 0.715. The summed E-state index contributed by atoms with van der Waals surface area (Å²) in [6.45, 7) is 1.70. The Morgan fingerprint density at radius 2 is 2.19 bits per heavy atom. The van der Waals surface area contributed by atoms with E-state index < -0.39 is 12.1 Å². The van der Waals surface area contributed by atoms with E-state index in [1.165, 1.54) is 12.3 Å². The molecule has 16 heavy (non-hydrogen) atoms. The van der Waals surface area contributed by atoms with Gasteiger partial charge in [0.15, 0.2) is 0 Å². The molecule has 0 aliphatic carbocycles. The van der Waals surface area contributed by atoms with E-state index in [1.54, 1.807) is 0 Å². The Labute approximate surface area is 93.1 Å². The van der Waals surface area contributed by atoms with Crippen molar-refractivity contribution in [1.29, 1.82) is 0 Å². The van der Waals surface area contributed by atoms with Crippen molar-refractivity contribution in [3.05, 3.63) is 23.7 Å². The lowest BCUT2D eigenvalue weighted by atomic mass is 9.90. The zero-order valence-electron chi connectivity index (χ0n) is 8.85. The Bertz CT molecular complexity index is 368. The number of aliphatic hydroxyl groups is 1. The second kappa shape index (κ2) is 4.67. The van der Waals surface area contributed by atoms with Gasteiger partial charge in [-0.3, -0.25) is 0 Å². The van der Waals surface area contributed by atoms with Gasteiger partial charge in [-0.05, 0) is 37.9 Å². The minimum atomic E-state index is -1.06. The molecule has 0 radical (unpaired) electrons. The molecule has 1 fully saturated rings. The number of hydrogen-bond donors (Lipinski definition) is 3. The number of carbonyl (C=O) groups is 1. The van der Waals surface area contributed by atoms with Gasteiger partial charge in [0.05, 0.1) is 6.26 Å². The highest BCUT2D eigenvalue weighted by Crippen LogP contribution is 2.31. The van der Waals surface area contributed by atoms with E-state index in [9.17, 15) is 9.90 Å². The molecular weight excluding hydrogens is 210 g/mol. The van der Waals surface area contributed by atoms with Crippen LogP contribution in [0.5, 0.6) is 0 Å². The number of nitrogens with one attached hydrogen (secondary N) is 1. The second-order valence-electron chi connectivity index (χ2n) is 4.04. The van der Waals surface area contributed by atoms with Crippen molar-refractivity contribution in [3.63, 3.8) is 0 Å². The first-order valence-corrected chi connectivity index (χ1v) is 5.39. The van der Waals surface area contributed by atoms with Crippen LogP contribution in [0.25, 0.3) is 0 Å². The van der Waals surface area contributed by atoms with Gasteiger partial charge in [0.1, 0.15) is 17.4 Å². The highest BCUT2D eigenvalue weighted by atomic mass is 16.4. The number of aromatic carboxylic acids is 1. The summed E-state index contributed by atoms with van der Waals surface area (Å²) in [4.78, 5) is 10.9. The van der Waals surface area contributed by atoms with Crippen molar-refractivity contribution in [2.75, 3.05) is 13.1 Å². The third-order valence-electron chi connectivity index (χ3n) is 3.02. The molecule has 2 rings (SSSR count).